The Hall–Kier alpha value is -3.48. The van der Waals surface area contributed by atoms with E-state index in [9.17, 15) is 14.4 Å². The van der Waals surface area contributed by atoms with Crippen molar-refractivity contribution in [2.24, 2.45) is 28.8 Å². The average Bonchev–Trinajstić information content (AvgIpc) is 3.38. The molecule has 2 amide bonds. The normalized spacial score (nSPS) is 26.7. The van der Waals surface area contributed by atoms with Gasteiger partial charge in [0.1, 0.15) is 11.5 Å². The van der Waals surface area contributed by atoms with Gasteiger partial charge in [0.05, 0.1) is 30.2 Å². The number of fused-ring (bicyclic) bond motifs is 1. The summed E-state index contributed by atoms with van der Waals surface area (Å²) in [4.78, 5) is 37.4. The molecule has 6 rings (SSSR count). The van der Waals surface area contributed by atoms with E-state index < -0.39 is 0 Å². The zero-order chi connectivity index (χ0) is 21.5. The monoisotopic (exact) mass is 418 g/mol. The molecule has 2 aromatic rings. The third-order valence-corrected chi connectivity index (χ3v) is 6.34. The molecule has 1 saturated carbocycles. The van der Waals surface area contributed by atoms with Crippen molar-refractivity contribution in [3.05, 3.63) is 59.9 Å². The highest BCUT2D eigenvalue weighted by Gasteiger charge is 2.56. The van der Waals surface area contributed by atoms with E-state index in [-0.39, 0.29) is 41.5 Å². The molecule has 0 N–H and O–H groups in total. The van der Waals surface area contributed by atoms with Gasteiger partial charge in [-0.2, -0.15) is 10.1 Å². The standard InChI is InChI=1S/C24H22N2O5/c1-2-30-24(29)17-9-3-14(4-10-17)19-12-11-18(31-19)13-25-26-22(27)20-15-5-6-16(8-7-15)21(20)23(26)28/h3-6,9-13,15-16,20-21H,2,7-8H2,1H3/b25-13-/t15-,16-,20-,21-/m0/s1. The minimum absolute atomic E-state index is 0.138. The Labute approximate surface area is 179 Å². The summed E-state index contributed by atoms with van der Waals surface area (Å²) in [6.07, 6.45) is 7.48. The van der Waals surface area contributed by atoms with E-state index in [0.717, 1.165) is 23.4 Å². The average molecular weight is 418 g/mol. The SMILES string of the molecule is CCOC(=O)c1ccc(-c2ccc(/C=N\N3C(=O)[C@@H]4[C@@H](C3=O)[C@H]3C=C[C@H]4CC3)o2)cc1. The number of rotatable bonds is 5. The first-order valence-electron chi connectivity index (χ1n) is 10.5. The highest BCUT2D eigenvalue weighted by molar-refractivity contribution is 6.06. The lowest BCUT2D eigenvalue weighted by atomic mass is 9.63. The van der Waals surface area contributed by atoms with Crippen molar-refractivity contribution < 1.29 is 23.5 Å². The minimum Gasteiger partial charge on any atom is -0.462 e. The highest BCUT2D eigenvalue weighted by Crippen LogP contribution is 2.49. The predicted molar refractivity (Wildman–Crippen MR) is 112 cm³/mol. The number of imide groups is 1. The van der Waals surface area contributed by atoms with Gasteiger partial charge in [0.25, 0.3) is 11.8 Å². The lowest BCUT2D eigenvalue weighted by Gasteiger charge is -2.37. The Balaban J connectivity index is 1.30. The fourth-order valence-corrected chi connectivity index (χ4v) is 4.85. The van der Waals surface area contributed by atoms with Crippen LogP contribution in [0.2, 0.25) is 0 Å². The van der Waals surface area contributed by atoms with Gasteiger partial charge in [-0.3, -0.25) is 9.59 Å². The summed E-state index contributed by atoms with van der Waals surface area (Å²) < 4.78 is 10.8. The molecule has 0 spiro atoms. The van der Waals surface area contributed by atoms with Gasteiger partial charge in [-0.15, -0.1) is 0 Å². The maximum atomic E-state index is 12.8. The van der Waals surface area contributed by atoms with Gasteiger partial charge in [-0.1, -0.05) is 24.3 Å². The second-order valence-electron chi connectivity index (χ2n) is 8.07. The second kappa shape index (κ2) is 7.65. The zero-order valence-corrected chi connectivity index (χ0v) is 17.1. The number of hydrogen-bond acceptors (Lipinski definition) is 6. The fraction of sp³-hybridized carbons (Fsp3) is 0.333. The third-order valence-electron chi connectivity index (χ3n) is 6.34. The molecule has 31 heavy (non-hydrogen) atoms. The topological polar surface area (TPSA) is 89.2 Å². The van der Waals surface area contributed by atoms with Crippen LogP contribution < -0.4 is 0 Å². The molecular weight excluding hydrogens is 396 g/mol. The first-order valence-corrected chi connectivity index (χ1v) is 10.5. The summed E-state index contributed by atoms with van der Waals surface area (Å²) in [7, 11) is 0. The minimum atomic E-state index is -0.370. The number of allylic oxidation sites excluding steroid dienone is 2. The molecule has 1 saturated heterocycles. The Morgan fingerprint density at radius 1 is 1.06 bits per heavy atom. The molecule has 158 valence electrons. The number of esters is 1. The number of carbonyl (C=O) groups is 3. The van der Waals surface area contributed by atoms with Gasteiger partial charge < -0.3 is 9.15 Å². The van der Waals surface area contributed by atoms with Crippen molar-refractivity contribution >= 4 is 24.0 Å². The van der Waals surface area contributed by atoms with Crippen molar-refractivity contribution in [1.82, 2.24) is 5.01 Å². The highest BCUT2D eigenvalue weighted by atomic mass is 16.5. The predicted octanol–water partition coefficient (Wildman–Crippen LogP) is 3.65. The van der Waals surface area contributed by atoms with Gasteiger partial charge in [0.15, 0.2) is 0 Å². The van der Waals surface area contributed by atoms with Crippen LogP contribution in [0.25, 0.3) is 11.3 Å². The van der Waals surface area contributed by atoms with Gasteiger partial charge >= 0.3 is 5.97 Å². The maximum absolute atomic E-state index is 12.8. The van der Waals surface area contributed by atoms with E-state index in [2.05, 4.69) is 17.3 Å². The maximum Gasteiger partial charge on any atom is 0.338 e. The Morgan fingerprint density at radius 2 is 1.71 bits per heavy atom. The molecule has 1 aromatic carbocycles. The second-order valence-corrected chi connectivity index (χ2v) is 8.07. The molecule has 0 unspecified atom stereocenters. The number of amides is 2. The molecule has 4 aliphatic rings. The van der Waals surface area contributed by atoms with Gasteiger partial charge in [-0.25, -0.2) is 4.79 Å². The molecule has 2 bridgehead atoms. The third kappa shape index (κ3) is 3.30. The summed E-state index contributed by atoms with van der Waals surface area (Å²) in [5, 5.41) is 5.19. The first kappa shape index (κ1) is 19.5. The molecule has 1 aromatic heterocycles. The van der Waals surface area contributed by atoms with Gasteiger partial charge in [-0.05, 0) is 55.9 Å². The van der Waals surface area contributed by atoms with Crippen LogP contribution in [0.5, 0.6) is 0 Å². The largest absolute Gasteiger partial charge is 0.462 e. The Bertz CT molecular complexity index is 1070. The quantitative estimate of drug-likeness (QED) is 0.320. The fourth-order valence-electron chi connectivity index (χ4n) is 4.85. The van der Waals surface area contributed by atoms with E-state index in [4.69, 9.17) is 9.15 Å². The summed E-state index contributed by atoms with van der Waals surface area (Å²) >= 11 is 0. The number of hydrogen-bond donors (Lipinski definition) is 0. The number of ether oxygens (including phenoxy) is 1. The molecule has 0 radical (unpaired) electrons. The van der Waals surface area contributed by atoms with E-state index in [1.54, 1.807) is 43.3 Å². The molecule has 1 aliphatic heterocycles. The summed E-state index contributed by atoms with van der Waals surface area (Å²) in [6.45, 7) is 2.08. The number of benzene rings is 1. The summed E-state index contributed by atoms with van der Waals surface area (Å²) in [5.74, 6) is -0.0625. The van der Waals surface area contributed by atoms with Crippen LogP contribution in [0.1, 0.15) is 35.9 Å². The Kier molecular flexibility index (Phi) is 4.81. The van der Waals surface area contributed by atoms with Crippen LogP contribution >= 0.6 is 0 Å². The zero-order valence-electron chi connectivity index (χ0n) is 17.1. The summed E-state index contributed by atoms with van der Waals surface area (Å²) in [6, 6.07) is 10.4. The molecule has 2 heterocycles. The lowest BCUT2D eigenvalue weighted by Crippen LogP contribution is -2.38. The van der Waals surface area contributed by atoms with E-state index in [1.807, 2.05) is 0 Å². The van der Waals surface area contributed by atoms with Crippen molar-refractivity contribution in [2.75, 3.05) is 6.61 Å². The van der Waals surface area contributed by atoms with Crippen LogP contribution in [0, 0.1) is 23.7 Å². The lowest BCUT2D eigenvalue weighted by molar-refractivity contribution is -0.140. The van der Waals surface area contributed by atoms with Crippen LogP contribution in [-0.2, 0) is 14.3 Å². The number of hydrazone groups is 1. The van der Waals surface area contributed by atoms with E-state index in [1.165, 1.54) is 6.21 Å². The van der Waals surface area contributed by atoms with E-state index >= 15 is 0 Å². The smallest absolute Gasteiger partial charge is 0.338 e. The summed E-state index contributed by atoms with van der Waals surface area (Å²) in [5.41, 5.74) is 1.25. The van der Waals surface area contributed by atoms with Gasteiger partial charge in [0.2, 0.25) is 0 Å². The van der Waals surface area contributed by atoms with Crippen molar-refractivity contribution in [3.63, 3.8) is 0 Å². The Morgan fingerprint density at radius 3 is 2.29 bits per heavy atom. The number of nitrogens with zero attached hydrogens (tertiary/aromatic N) is 2. The van der Waals surface area contributed by atoms with Crippen LogP contribution in [0.4, 0.5) is 0 Å². The molecule has 3 aliphatic carbocycles. The number of furan rings is 1. The molecule has 2 fully saturated rings. The number of carbonyl (C=O) groups excluding carboxylic acids is 3. The van der Waals surface area contributed by atoms with Crippen LogP contribution in [0.3, 0.4) is 0 Å². The molecule has 7 heteroatoms. The van der Waals surface area contributed by atoms with Gasteiger partial charge in [0, 0.05) is 5.56 Å². The van der Waals surface area contributed by atoms with Crippen molar-refractivity contribution in [3.8, 4) is 11.3 Å². The van der Waals surface area contributed by atoms with Crippen molar-refractivity contribution in [1.29, 1.82) is 0 Å². The first-order chi connectivity index (χ1) is 15.1. The molecular formula is C24H22N2O5. The van der Waals surface area contributed by atoms with Crippen LogP contribution in [-0.4, -0.2) is 35.6 Å². The van der Waals surface area contributed by atoms with Crippen LogP contribution in [0.15, 0.2) is 58.1 Å². The van der Waals surface area contributed by atoms with E-state index in [0.29, 0.717) is 23.7 Å². The molecule has 4 atom stereocenters. The molecule has 7 nitrogen and oxygen atoms in total. The van der Waals surface area contributed by atoms with Crippen molar-refractivity contribution in [2.45, 2.75) is 19.8 Å².